The third kappa shape index (κ3) is 4.05. The molecule has 0 saturated heterocycles. The van der Waals surface area contributed by atoms with Gasteiger partial charge in [0.25, 0.3) is 0 Å². The van der Waals surface area contributed by atoms with Gasteiger partial charge in [0.1, 0.15) is 5.82 Å². The number of nitrogens with zero attached hydrogens (tertiary/aromatic N) is 6. The second-order valence-corrected chi connectivity index (χ2v) is 7.60. The van der Waals surface area contributed by atoms with Crippen molar-refractivity contribution in [3.05, 3.63) is 41.6 Å². The first-order valence-corrected chi connectivity index (χ1v) is 9.27. The molecule has 8 nitrogen and oxygen atoms in total. The maximum absolute atomic E-state index is 12.5. The number of halogens is 1. The lowest BCUT2D eigenvalue weighted by Gasteiger charge is -2.14. The molecule has 3 rings (SSSR count). The van der Waals surface area contributed by atoms with Gasteiger partial charge >= 0.3 is 0 Å². The zero-order chi connectivity index (χ0) is 18.7. The van der Waals surface area contributed by atoms with Crippen LogP contribution in [0.3, 0.4) is 0 Å². The van der Waals surface area contributed by atoms with Crippen LogP contribution in [0.5, 0.6) is 0 Å². The predicted octanol–water partition coefficient (Wildman–Crippen LogP) is 3.21. The molecule has 10 heteroatoms. The molecule has 0 aliphatic rings. The van der Waals surface area contributed by atoms with E-state index in [4.69, 9.17) is 11.6 Å². The molecule has 1 aromatic carbocycles. The third-order valence-corrected chi connectivity index (χ3v) is 4.86. The van der Waals surface area contributed by atoms with Crippen molar-refractivity contribution in [3.63, 3.8) is 0 Å². The molecule has 2 heterocycles. The molecule has 1 atom stereocenters. The minimum atomic E-state index is -0.400. The number of thioether (sulfide) groups is 1. The lowest BCUT2D eigenvalue weighted by molar-refractivity contribution is -0.115. The van der Waals surface area contributed by atoms with E-state index in [2.05, 4.69) is 25.9 Å². The molecule has 26 heavy (non-hydrogen) atoms. The van der Waals surface area contributed by atoms with Crippen molar-refractivity contribution in [2.45, 2.75) is 37.2 Å². The smallest absolute Gasteiger partial charge is 0.238 e. The largest absolute Gasteiger partial charge is 0.310 e. The molecule has 136 valence electrons. The Morgan fingerprint density at radius 3 is 2.62 bits per heavy atom. The molecule has 3 aromatic rings. The van der Waals surface area contributed by atoms with Crippen LogP contribution in [-0.2, 0) is 4.79 Å². The summed E-state index contributed by atoms with van der Waals surface area (Å²) in [4.78, 5) is 12.5. The molecule has 0 fully saturated rings. The SMILES string of the molecule is CC(Sc1nnnn1-c1ccc(Cl)cc1)C(=O)Nc1ccnn1C(C)C. The van der Waals surface area contributed by atoms with Crippen LogP contribution in [0.4, 0.5) is 5.82 Å². The van der Waals surface area contributed by atoms with Crippen molar-refractivity contribution in [2.24, 2.45) is 0 Å². The lowest BCUT2D eigenvalue weighted by atomic mass is 10.3. The van der Waals surface area contributed by atoms with E-state index in [0.29, 0.717) is 16.0 Å². The lowest BCUT2D eigenvalue weighted by Crippen LogP contribution is -2.25. The van der Waals surface area contributed by atoms with Gasteiger partial charge in [-0.2, -0.15) is 9.78 Å². The molecule has 0 aliphatic heterocycles. The fourth-order valence-electron chi connectivity index (χ4n) is 2.26. The summed E-state index contributed by atoms with van der Waals surface area (Å²) in [5.74, 6) is 0.512. The monoisotopic (exact) mass is 391 g/mol. The van der Waals surface area contributed by atoms with Crippen LogP contribution in [0.25, 0.3) is 5.69 Å². The second-order valence-electron chi connectivity index (χ2n) is 5.85. The molecule has 1 amide bonds. The minimum absolute atomic E-state index is 0.150. The molecule has 0 spiro atoms. The van der Waals surface area contributed by atoms with Crippen LogP contribution in [0.2, 0.25) is 5.02 Å². The highest BCUT2D eigenvalue weighted by Gasteiger charge is 2.20. The molecular weight excluding hydrogens is 374 g/mol. The molecule has 0 radical (unpaired) electrons. The fourth-order valence-corrected chi connectivity index (χ4v) is 3.19. The number of carbonyl (C=O) groups excluding carboxylic acids is 1. The Morgan fingerprint density at radius 2 is 1.92 bits per heavy atom. The maximum atomic E-state index is 12.5. The zero-order valence-electron chi connectivity index (χ0n) is 14.5. The van der Waals surface area contributed by atoms with E-state index in [1.54, 1.807) is 40.7 Å². The van der Waals surface area contributed by atoms with Crippen molar-refractivity contribution in [1.82, 2.24) is 30.0 Å². The average Bonchev–Trinajstić information content (AvgIpc) is 3.25. The summed E-state index contributed by atoms with van der Waals surface area (Å²) in [7, 11) is 0. The molecule has 0 aliphatic carbocycles. The van der Waals surface area contributed by atoms with Gasteiger partial charge < -0.3 is 5.32 Å². The Labute approximate surface area is 159 Å². The van der Waals surface area contributed by atoms with Gasteiger partial charge in [-0.05, 0) is 55.5 Å². The van der Waals surface area contributed by atoms with E-state index in [1.165, 1.54) is 11.8 Å². The third-order valence-electron chi connectivity index (χ3n) is 3.57. The molecule has 1 N–H and O–H groups in total. The average molecular weight is 392 g/mol. The van der Waals surface area contributed by atoms with Crippen molar-refractivity contribution in [3.8, 4) is 5.69 Å². The van der Waals surface area contributed by atoms with Crippen molar-refractivity contribution >= 4 is 35.1 Å². The van der Waals surface area contributed by atoms with Crippen LogP contribution in [-0.4, -0.2) is 41.1 Å². The summed E-state index contributed by atoms with van der Waals surface area (Å²) in [6.45, 7) is 5.80. The second kappa shape index (κ2) is 7.88. The number of nitrogens with one attached hydrogen (secondary N) is 1. The van der Waals surface area contributed by atoms with Gasteiger partial charge in [-0.15, -0.1) is 5.10 Å². The van der Waals surface area contributed by atoms with Gasteiger partial charge in [0, 0.05) is 17.1 Å². The van der Waals surface area contributed by atoms with Crippen LogP contribution in [0.15, 0.2) is 41.7 Å². The van der Waals surface area contributed by atoms with Crippen LogP contribution in [0.1, 0.15) is 26.8 Å². The summed E-state index contributed by atoms with van der Waals surface area (Å²) in [6.07, 6.45) is 1.66. The van der Waals surface area contributed by atoms with Crippen LogP contribution < -0.4 is 5.32 Å². The Morgan fingerprint density at radius 1 is 1.19 bits per heavy atom. The standard InChI is InChI=1S/C16H18ClN7OS/c1-10(2)23-14(8-9-18-23)19-15(25)11(3)26-16-20-21-22-24(16)13-6-4-12(17)5-7-13/h4-11H,1-3H3,(H,19,25). The summed E-state index contributed by atoms with van der Waals surface area (Å²) >= 11 is 7.19. The molecule has 0 saturated carbocycles. The first-order valence-electron chi connectivity index (χ1n) is 8.01. The molecule has 2 aromatic heterocycles. The number of rotatable bonds is 6. The first kappa shape index (κ1) is 18.4. The van der Waals surface area contributed by atoms with Gasteiger partial charge in [-0.25, -0.2) is 4.68 Å². The summed E-state index contributed by atoms with van der Waals surface area (Å²) in [5.41, 5.74) is 0.771. The van der Waals surface area contributed by atoms with Gasteiger partial charge in [-0.3, -0.25) is 4.79 Å². The van der Waals surface area contributed by atoms with Gasteiger partial charge in [-0.1, -0.05) is 23.4 Å². The molecule has 1 unspecified atom stereocenters. The number of carbonyl (C=O) groups is 1. The Hall–Kier alpha value is -2.39. The topological polar surface area (TPSA) is 90.5 Å². The highest BCUT2D eigenvalue weighted by molar-refractivity contribution is 8.00. The van der Waals surface area contributed by atoms with Gasteiger partial charge in [0.2, 0.25) is 11.1 Å². The van der Waals surface area contributed by atoms with E-state index < -0.39 is 5.25 Å². The number of amides is 1. The van der Waals surface area contributed by atoms with Gasteiger partial charge in [0.05, 0.1) is 17.1 Å². The maximum Gasteiger partial charge on any atom is 0.238 e. The number of benzene rings is 1. The molecule has 0 bridgehead atoms. The van der Waals surface area contributed by atoms with Crippen LogP contribution in [0, 0.1) is 0 Å². The highest BCUT2D eigenvalue weighted by atomic mass is 35.5. The summed E-state index contributed by atoms with van der Waals surface area (Å²) in [5, 5.41) is 19.6. The quantitative estimate of drug-likeness (QED) is 0.649. The van der Waals surface area contributed by atoms with Crippen LogP contribution >= 0.6 is 23.4 Å². The Kier molecular flexibility index (Phi) is 5.58. The number of aromatic nitrogens is 6. The highest BCUT2D eigenvalue weighted by Crippen LogP contribution is 2.24. The van der Waals surface area contributed by atoms with E-state index in [-0.39, 0.29) is 11.9 Å². The Balaban J connectivity index is 1.71. The minimum Gasteiger partial charge on any atom is -0.310 e. The van der Waals surface area contributed by atoms with E-state index >= 15 is 0 Å². The zero-order valence-corrected chi connectivity index (χ0v) is 16.1. The summed E-state index contributed by atoms with van der Waals surface area (Å²) in [6, 6.07) is 9.07. The van der Waals surface area contributed by atoms with Crippen molar-refractivity contribution in [1.29, 1.82) is 0 Å². The first-order chi connectivity index (χ1) is 12.5. The number of hydrogen-bond donors (Lipinski definition) is 1. The van der Waals surface area contributed by atoms with E-state index in [0.717, 1.165) is 5.69 Å². The number of anilines is 1. The molecular formula is C16H18ClN7OS. The number of hydrogen-bond acceptors (Lipinski definition) is 6. The Bertz CT molecular complexity index is 890. The number of tetrazole rings is 1. The fraction of sp³-hybridized carbons (Fsp3) is 0.312. The predicted molar refractivity (Wildman–Crippen MR) is 101 cm³/mol. The van der Waals surface area contributed by atoms with Crippen molar-refractivity contribution in [2.75, 3.05) is 5.32 Å². The summed E-state index contributed by atoms with van der Waals surface area (Å²) < 4.78 is 3.33. The van der Waals surface area contributed by atoms with E-state index in [9.17, 15) is 4.79 Å². The van der Waals surface area contributed by atoms with Gasteiger partial charge in [0.15, 0.2) is 0 Å². The van der Waals surface area contributed by atoms with E-state index in [1.807, 2.05) is 26.0 Å². The van der Waals surface area contributed by atoms with Crippen molar-refractivity contribution < 1.29 is 4.79 Å². The normalized spacial score (nSPS) is 12.3.